The summed E-state index contributed by atoms with van der Waals surface area (Å²) < 4.78 is 0. The first kappa shape index (κ1) is 18.7. The highest BCUT2D eigenvalue weighted by atomic mass is 16.4. The van der Waals surface area contributed by atoms with Crippen LogP contribution in [-0.2, 0) is 4.79 Å². The summed E-state index contributed by atoms with van der Waals surface area (Å²) >= 11 is 0. The normalized spacial score (nSPS) is 58.8. The van der Waals surface area contributed by atoms with E-state index >= 15 is 0 Å². The molecule has 4 rings (SSSR count). The molecular formula is C20H32O6. The van der Waals surface area contributed by atoms with Gasteiger partial charge in [0.2, 0.25) is 0 Å². The highest BCUT2D eigenvalue weighted by molar-refractivity contribution is 5.75. The van der Waals surface area contributed by atoms with Gasteiger partial charge >= 0.3 is 5.97 Å². The van der Waals surface area contributed by atoms with Crippen molar-refractivity contribution >= 4 is 5.97 Å². The van der Waals surface area contributed by atoms with Crippen molar-refractivity contribution in [1.82, 2.24) is 0 Å². The Bertz CT molecular complexity index is 623. The maximum atomic E-state index is 12.1. The van der Waals surface area contributed by atoms with Gasteiger partial charge in [-0.1, -0.05) is 13.3 Å². The van der Waals surface area contributed by atoms with Crippen LogP contribution in [0.25, 0.3) is 0 Å². The Kier molecular flexibility index (Phi) is 3.90. The number of carboxylic acid groups (broad SMARTS) is 1. The fourth-order valence-electron chi connectivity index (χ4n) is 8.13. The molecule has 0 saturated heterocycles. The van der Waals surface area contributed by atoms with Gasteiger partial charge in [-0.15, -0.1) is 0 Å². The summed E-state index contributed by atoms with van der Waals surface area (Å²) in [5.41, 5.74) is -3.29. The third-order valence-electron chi connectivity index (χ3n) is 9.14. The van der Waals surface area contributed by atoms with Gasteiger partial charge in [0, 0.05) is 11.3 Å². The molecule has 6 heteroatoms. The molecule has 148 valence electrons. The molecule has 26 heavy (non-hydrogen) atoms. The van der Waals surface area contributed by atoms with Gasteiger partial charge in [-0.3, -0.25) is 4.79 Å². The van der Waals surface area contributed by atoms with Crippen molar-refractivity contribution in [2.75, 3.05) is 6.61 Å². The van der Waals surface area contributed by atoms with Crippen molar-refractivity contribution in [3.8, 4) is 0 Å². The van der Waals surface area contributed by atoms with Crippen LogP contribution in [0.5, 0.6) is 0 Å². The third-order valence-corrected chi connectivity index (χ3v) is 9.14. The third kappa shape index (κ3) is 1.99. The molecule has 0 radical (unpaired) electrons. The van der Waals surface area contributed by atoms with Crippen LogP contribution < -0.4 is 0 Å². The van der Waals surface area contributed by atoms with Gasteiger partial charge in [0.1, 0.15) is 0 Å². The van der Waals surface area contributed by atoms with Crippen LogP contribution in [0.4, 0.5) is 0 Å². The van der Waals surface area contributed by atoms with Gasteiger partial charge in [-0.05, 0) is 62.7 Å². The van der Waals surface area contributed by atoms with E-state index in [0.717, 1.165) is 25.7 Å². The van der Waals surface area contributed by atoms with Crippen molar-refractivity contribution < 1.29 is 30.3 Å². The summed E-state index contributed by atoms with van der Waals surface area (Å²) in [7, 11) is 0. The van der Waals surface area contributed by atoms with Crippen LogP contribution in [0, 0.1) is 34.0 Å². The lowest BCUT2D eigenvalue weighted by Gasteiger charge is -2.66. The van der Waals surface area contributed by atoms with E-state index in [2.05, 4.69) is 6.92 Å². The second-order valence-corrected chi connectivity index (χ2v) is 10.2. The van der Waals surface area contributed by atoms with E-state index in [1.165, 1.54) is 0 Å². The summed E-state index contributed by atoms with van der Waals surface area (Å²) in [6.07, 6.45) is 2.41. The molecule has 4 aliphatic carbocycles. The fraction of sp³-hybridized carbons (Fsp3) is 0.950. The number of carboxylic acids is 1. The first-order valence-corrected chi connectivity index (χ1v) is 9.98. The highest BCUT2D eigenvalue weighted by Crippen LogP contribution is 2.72. The lowest BCUT2D eigenvalue weighted by molar-refractivity contribution is -0.255. The summed E-state index contributed by atoms with van der Waals surface area (Å²) in [5.74, 6) is -1.43. The van der Waals surface area contributed by atoms with E-state index in [4.69, 9.17) is 0 Å². The van der Waals surface area contributed by atoms with Crippen molar-refractivity contribution in [3.05, 3.63) is 0 Å². The number of hydrogen-bond donors (Lipinski definition) is 5. The Balaban J connectivity index is 1.83. The quantitative estimate of drug-likeness (QED) is 0.499. The number of aliphatic hydroxyl groups is 4. The minimum Gasteiger partial charge on any atom is -0.481 e. The predicted molar refractivity (Wildman–Crippen MR) is 93.1 cm³/mol. The molecule has 0 unspecified atom stereocenters. The van der Waals surface area contributed by atoms with E-state index < -0.39 is 45.9 Å². The molecule has 6 nitrogen and oxygen atoms in total. The van der Waals surface area contributed by atoms with Crippen LogP contribution in [-0.4, -0.2) is 55.9 Å². The lowest BCUT2D eigenvalue weighted by atomic mass is 9.39. The van der Waals surface area contributed by atoms with E-state index in [1.807, 2.05) is 0 Å². The molecular weight excluding hydrogens is 336 g/mol. The van der Waals surface area contributed by atoms with Gasteiger partial charge in [0.05, 0.1) is 29.8 Å². The Morgan fingerprint density at radius 2 is 1.85 bits per heavy atom. The summed E-state index contributed by atoms with van der Waals surface area (Å²) in [5, 5.41) is 53.0. The fourth-order valence-corrected chi connectivity index (χ4v) is 8.13. The molecule has 4 saturated carbocycles. The Labute approximate surface area is 154 Å². The standard InChI is InChI=1S/C20H32O6/c1-17-6-3-7-18(2,16(24)25)14(17)13(22)15(23)19-8-11(4-5-12(17)19)20(26,9-19)10-21/h11-15,21-23,26H,3-10H2,1-2H3,(H,24,25)/t11-,12+,13+,14+,15+,17+,18-,19-,20-/m1/s1. The maximum Gasteiger partial charge on any atom is 0.309 e. The number of aliphatic carboxylic acids is 1. The van der Waals surface area contributed by atoms with Gasteiger partial charge in [0.25, 0.3) is 0 Å². The second-order valence-electron chi connectivity index (χ2n) is 10.2. The Hall–Kier alpha value is -0.690. The molecule has 4 fully saturated rings. The number of aliphatic hydroxyl groups excluding tert-OH is 3. The average Bonchev–Trinajstić information content (AvgIpc) is 2.81. The minimum absolute atomic E-state index is 0.0502. The Morgan fingerprint density at radius 3 is 2.46 bits per heavy atom. The lowest BCUT2D eigenvalue weighted by Crippen LogP contribution is -2.69. The largest absolute Gasteiger partial charge is 0.481 e. The molecule has 5 N–H and O–H groups in total. The van der Waals surface area contributed by atoms with Gasteiger partial charge in [-0.25, -0.2) is 0 Å². The first-order chi connectivity index (χ1) is 12.0. The van der Waals surface area contributed by atoms with Crippen molar-refractivity contribution in [2.45, 2.75) is 76.6 Å². The van der Waals surface area contributed by atoms with Crippen LogP contribution in [0.3, 0.4) is 0 Å². The van der Waals surface area contributed by atoms with E-state index in [-0.39, 0.29) is 24.9 Å². The highest BCUT2D eigenvalue weighted by Gasteiger charge is 2.73. The monoisotopic (exact) mass is 368 g/mol. The predicted octanol–water partition coefficient (Wildman–Crippen LogP) is 1.15. The van der Waals surface area contributed by atoms with Gasteiger partial charge in [-0.2, -0.15) is 0 Å². The number of hydrogen-bond acceptors (Lipinski definition) is 5. The van der Waals surface area contributed by atoms with Crippen LogP contribution in [0.15, 0.2) is 0 Å². The molecule has 0 aromatic heterocycles. The molecule has 0 aromatic carbocycles. The molecule has 4 aliphatic rings. The Morgan fingerprint density at radius 1 is 1.15 bits per heavy atom. The van der Waals surface area contributed by atoms with Crippen molar-refractivity contribution in [3.63, 3.8) is 0 Å². The number of rotatable bonds is 2. The SMILES string of the molecule is C[C@@]12CCC[C@@](C)(C(=O)O)[C@H]1[C@H](O)[C@H](O)[C@@]13C[C@@H](CC[C@@H]21)[C@](O)(CO)C3. The van der Waals surface area contributed by atoms with Crippen LogP contribution in [0.2, 0.25) is 0 Å². The van der Waals surface area contributed by atoms with Gasteiger partial charge in [0.15, 0.2) is 0 Å². The average molecular weight is 368 g/mol. The summed E-state index contributed by atoms with van der Waals surface area (Å²) in [6.45, 7) is 3.48. The van der Waals surface area contributed by atoms with Crippen molar-refractivity contribution in [2.24, 2.45) is 34.0 Å². The zero-order valence-corrected chi connectivity index (χ0v) is 15.7. The molecule has 2 bridgehead atoms. The molecule has 1 spiro atoms. The summed E-state index contributed by atoms with van der Waals surface area (Å²) in [6, 6.07) is 0. The van der Waals surface area contributed by atoms with E-state index in [0.29, 0.717) is 12.8 Å². The summed E-state index contributed by atoms with van der Waals surface area (Å²) in [4.78, 5) is 12.1. The van der Waals surface area contributed by atoms with Crippen molar-refractivity contribution in [1.29, 1.82) is 0 Å². The molecule has 9 atom stereocenters. The maximum absolute atomic E-state index is 12.1. The second kappa shape index (κ2) is 5.43. The minimum atomic E-state index is -1.20. The number of carbonyl (C=O) groups is 1. The topological polar surface area (TPSA) is 118 Å². The van der Waals surface area contributed by atoms with E-state index in [9.17, 15) is 30.3 Å². The number of fused-ring (bicyclic) bond motifs is 3. The molecule has 0 aromatic rings. The first-order valence-electron chi connectivity index (χ1n) is 9.98. The molecule has 0 aliphatic heterocycles. The zero-order chi connectivity index (χ0) is 19.1. The molecule has 0 heterocycles. The van der Waals surface area contributed by atoms with Crippen LogP contribution in [0.1, 0.15) is 58.8 Å². The van der Waals surface area contributed by atoms with Crippen LogP contribution >= 0.6 is 0 Å². The van der Waals surface area contributed by atoms with Gasteiger partial charge < -0.3 is 25.5 Å². The zero-order valence-electron chi connectivity index (χ0n) is 15.7. The van der Waals surface area contributed by atoms with E-state index in [1.54, 1.807) is 6.92 Å². The smallest absolute Gasteiger partial charge is 0.309 e. The molecule has 0 amide bonds.